The van der Waals surface area contributed by atoms with Crippen LogP contribution < -0.4 is 5.32 Å². The third-order valence-corrected chi connectivity index (χ3v) is 3.93. The molecule has 2 heterocycles. The minimum absolute atomic E-state index is 0.132. The fourth-order valence-electron chi connectivity index (χ4n) is 2.96. The number of nitrogens with one attached hydrogen (secondary N) is 1. The van der Waals surface area contributed by atoms with Gasteiger partial charge in [-0.15, -0.1) is 0 Å². The van der Waals surface area contributed by atoms with E-state index >= 15 is 0 Å². The number of ether oxygens (including phenoxy) is 2. The Kier molecular flexibility index (Phi) is 5.57. The average molecular weight is 281 g/mol. The van der Waals surface area contributed by atoms with Crippen LogP contribution in [-0.2, 0) is 16.5 Å². The van der Waals surface area contributed by atoms with Gasteiger partial charge in [-0.3, -0.25) is 4.68 Å². The molecule has 1 aliphatic rings. The van der Waals surface area contributed by atoms with Crippen molar-refractivity contribution in [2.45, 2.75) is 44.8 Å². The van der Waals surface area contributed by atoms with E-state index in [2.05, 4.69) is 30.3 Å². The Morgan fingerprint density at radius 1 is 1.45 bits per heavy atom. The quantitative estimate of drug-likeness (QED) is 0.831. The van der Waals surface area contributed by atoms with Gasteiger partial charge in [0.05, 0.1) is 17.3 Å². The van der Waals surface area contributed by atoms with E-state index in [0.717, 1.165) is 51.3 Å². The van der Waals surface area contributed by atoms with Crippen molar-refractivity contribution in [1.29, 1.82) is 0 Å². The zero-order valence-electron chi connectivity index (χ0n) is 12.9. The summed E-state index contributed by atoms with van der Waals surface area (Å²) in [5.74, 6) is 0. The predicted molar refractivity (Wildman–Crippen MR) is 78.7 cm³/mol. The van der Waals surface area contributed by atoms with Gasteiger partial charge in [0.1, 0.15) is 0 Å². The minimum Gasteiger partial charge on any atom is -0.381 e. The Morgan fingerprint density at radius 3 is 2.75 bits per heavy atom. The van der Waals surface area contributed by atoms with Crippen LogP contribution in [0, 0.1) is 0 Å². The van der Waals surface area contributed by atoms with Gasteiger partial charge in [-0.05, 0) is 26.0 Å². The summed E-state index contributed by atoms with van der Waals surface area (Å²) in [5.41, 5.74) is 0.868. The van der Waals surface area contributed by atoms with Gasteiger partial charge in [-0.1, -0.05) is 6.92 Å². The van der Waals surface area contributed by atoms with E-state index in [9.17, 15) is 0 Å². The Morgan fingerprint density at radius 2 is 2.20 bits per heavy atom. The van der Waals surface area contributed by atoms with Crippen molar-refractivity contribution < 1.29 is 9.47 Å². The van der Waals surface area contributed by atoms with Crippen LogP contribution in [0.15, 0.2) is 12.3 Å². The first kappa shape index (κ1) is 15.5. The molecule has 0 radical (unpaired) electrons. The maximum atomic E-state index is 6.20. The molecule has 5 nitrogen and oxygen atoms in total. The van der Waals surface area contributed by atoms with Crippen LogP contribution in [0.4, 0.5) is 0 Å². The summed E-state index contributed by atoms with van der Waals surface area (Å²) in [6.45, 7) is 7.45. The second kappa shape index (κ2) is 7.20. The lowest BCUT2D eigenvalue weighted by atomic mass is 9.84. The standard InChI is InChI=1S/C15H27N3O2/c1-4-9-16-14(13-6-10-18(3)17-13)15(20-5-2)7-11-19-12-8-15/h6,10,14,16H,4-5,7-9,11-12H2,1-3H3. The van der Waals surface area contributed by atoms with E-state index in [1.807, 2.05) is 17.9 Å². The molecule has 2 rings (SSSR count). The second-order valence-electron chi connectivity index (χ2n) is 5.41. The van der Waals surface area contributed by atoms with Crippen molar-refractivity contribution in [1.82, 2.24) is 15.1 Å². The number of hydrogen-bond acceptors (Lipinski definition) is 4. The van der Waals surface area contributed by atoms with Crippen LogP contribution in [0.3, 0.4) is 0 Å². The number of aryl methyl sites for hydroxylation is 1. The predicted octanol–water partition coefficient (Wildman–Crippen LogP) is 2.05. The molecular weight excluding hydrogens is 254 g/mol. The summed E-state index contributed by atoms with van der Waals surface area (Å²) in [6, 6.07) is 2.22. The van der Waals surface area contributed by atoms with E-state index in [-0.39, 0.29) is 11.6 Å². The highest BCUT2D eigenvalue weighted by molar-refractivity contribution is 5.13. The maximum absolute atomic E-state index is 6.20. The highest BCUT2D eigenvalue weighted by Gasteiger charge is 2.42. The van der Waals surface area contributed by atoms with E-state index in [1.165, 1.54) is 0 Å². The van der Waals surface area contributed by atoms with Gasteiger partial charge in [-0.2, -0.15) is 5.10 Å². The van der Waals surface area contributed by atoms with Crippen LogP contribution in [0.5, 0.6) is 0 Å². The Balaban J connectivity index is 2.26. The lowest BCUT2D eigenvalue weighted by molar-refractivity contribution is -0.128. The molecule has 1 unspecified atom stereocenters. The van der Waals surface area contributed by atoms with Gasteiger partial charge in [0, 0.05) is 45.9 Å². The molecule has 1 fully saturated rings. The van der Waals surface area contributed by atoms with Crippen molar-refractivity contribution >= 4 is 0 Å². The molecule has 1 N–H and O–H groups in total. The minimum atomic E-state index is -0.198. The summed E-state index contributed by atoms with van der Waals surface area (Å²) in [6.07, 6.45) is 4.93. The molecule has 0 amide bonds. The molecule has 1 saturated heterocycles. The topological polar surface area (TPSA) is 48.3 Å². The molecule has 0 bridgehead atoms. The lowest BCUT2D eigenvalue weighted by Gasteiger charge is -2.42. The zero-order chi connectivity index (χ0) is 14.4. The molecule has 20 heavy (non-hydrogen) atoms. The zero-order valence-corrected chi connectivity index (χ0v) is 12.9. The fourth-order valence-corrected chi connectivity index (χ4v) is 2.96. The molecule has 1 atom stereocenters. The third-order valence-electron chi connectivity index (χ3n) is 3.93. The van der Waals surface area contributed by atoms with E-state index in [4.69, 9.17) is 9.47 Å². The fraction of sp³-hybridized carbons (Fsp3) is 0.800. The van der Waals surface area contributed by atoms with Crippen molar-refractivity contribution in [3.8, 4) is 0 Å². The molecule has 5 heteroatoms. The summed E-state index contributed by atoms with van der Waals surface area (Å²) >= 11 is 0. The smallest absolute Gasteiger partial charge is 0.0935 e. The first-order chi connectivity index (χ1) is 9.72. The van der Waals surface area contributed by atoms with Crippen LogP contribution in [0.25, 0.3) is 0 Å². The van der Waals surface area contributed by atoms with Gasteiger partial charge >= 0.3 is 0 Å². The first-order valence-corrected chi connectivity index (χ1v) is 7.66. The van der Waals surface area contributed by atoms with Crippen molar-refractivity contribution in [2.24, 2.45) is 7.05 Å². The summed E-state index contributed by atoms with van der Waals surface area (Å²) in [5, 5.41) is 8.24. The number of aromatic nitrogens is 2. The normalized spacial score (nSPS) is 19.9. The number of hydrogen-bond donors (Lipinski definition) is 1. The average Bonchev–Trinajstić information content (AvgIpc) is 2.87. The van der Waals surface area contributed by atoms with Gasteiger partial charge in [0.25, 0.3) is 0 Å². The van der Waals surface area contributed by atoms with Gasteiger partial charge in [0.2, 0.25) is 0 Å². The second-order valence-corrected chi connectivity index (χ2v) is 5.41. The first-order valence-electron chi connectivity index (χ1n) is 7.66. The molecule has 1 aromatic heterocycles. The molecule has 1 aromatic rings. The van der Waals surface area contributed by atoms with Crippen LogP contribution in [0.1, 0.15) is 44.8 Å². The lowest BCUT2D eigenvalue weighted by Crippen LogP contribution is -2.50. The van der Waals surface area contributed by atoms with Gasteiger partial charge in [0.15, 0.2) is 0 Å². The SMILES string of the molecule is CCCNC(c1ccn(C)n1)C1(OCC)CCOCC1. The third kappa shape index (κ3) is 3.40. The highest BCUT2D eigenvalue weighted by Crippen LogP contribution is 2.37. The molecule has 0 spiro atoms. The van der Waals surface area contributed by atoms with Crippen molar-refractivity contribution in [3.05, 3.63) is 18.0 Å². The number of rotatable bonds is 7. The summed E-state index contributed by atoms with van der Waals surface area (Å²) in [7, 11) is 1.96. The Labute approximate surface area is 121 Å². The Hall–Kier alpha value is -0.910. The molecule has 0 saturated carbocycles. The van der Waals surface area contributed by atoms with E-state index in [0.29, 0.717) is 0 Å². The van der Waals surface area contributed by atoms with Crippen molar-refractivity contribution in [2.75, 3.05) is 26.4 Å². The molecule has 0 aromatic carbocycles. The van der Waals surface area contributed by atoms with Gasteiger partial charge in [-0.25, -0.2) is 0 Å². The molecule has 114 valence electrons. The maximum Gasteiger partial charge on any atom is 0.0935 e. The van der Waals surface area contributed by atoms with Crippen molar-refractivity contribution in [3.63, 3.8) is 0 Å². The summed E-state index contributed by atoms with van der Waals surface area (Å²) in [4.78, 5) is 0. The van der Waals surface area contributed by atoms with Crippen LogP contribution >= 0.6 is 0 Å². The molecule has 0 aliphatic carbocycles. The van der Waals surface area contributed by atoms with E-state index < -0.39 is 0 Å². The largest absolute Gasteiger partial charge is 0.381 e. The van der Waals surface area contributed by atoms with Crippen LogP contribution in [0.2, 0.25) is 0 Å². The van der Waals surface area contributed by atoms with Crippen LogP contribution in [-0.4, -0.2) is 41.7 Å². The summed E-state index contributed by atoms with van der Waals surface area (Å²) < 4.78 is 13.6. The molecular formula is C15H27N3O2. The number of nitrogens with zero attached hydrogens (tertiary/aromatic N) is 2. The Bertz CT molecular complexity index is 394. The highest BCUT2D eigenvalue weighted by atomic mass is 16.5. The van der Waals surface area contributed by atoms with Gasteiger partial charge < -0.3 is 14.8 Å². The monoisotopic (exact) mass is 281 g/mol. The van der Waals surface area contributed by atoms with E-state index in [1.54, 1.807) is 0 Å². The molecule has 1 aliphatic heterocycles.